The Labute approximate surface area is 171 Å². The Hall–Kier alpha value is -2.19. The Morgan fingerprint density at radius 1 is 1.10 bits per heavy atom. The summed E-state index contributed by atoms with van der Waals surface area (Å²) in [5, 5.41) is 0. The lowest BCUT2D eigenvalue weighted by atomic mass is 9.95. The number of H-pyrrole nitrogens is 1. The van der Waals surface area contributed by atoms with Crippen LogP contribution in [0, 0.1) is 11.8 Å². The molecule has 1 saturated carbocycles. The molecule has 2 saturated heterocycles. The minimum Gasteiger partial charge on any atom is -0.365 e. The number of carbonyl (C=O) groups is 1. The molecule has 1 amide bonds. The van der Waals surface area contributed by atoms with E-state index in [-0.39, 0.29) is 18.6 Å². The lowest BCUT2D eigenvalue weighted by Gasteiger charge is -2.38. The molecule has 2 aromatic heterocycles. The van der Waals surface area contributed by atoms with Gasteiger partial charge in [0.15, 0.2) is 5.82 Å². The highest BCUT2D eigenvalue weighted by atomic mass is 16.5. The largest absolute Gasteiger partial charge is 0.365 e. The number of amides is 1. The van der Waals surface area contributed by atoms with Crippen molar-refractivity contribution in [3.63, 3.8) is 0 Å². The standard InChI is InChI=1S/C21H30N6O2/c28-20-14-29-18(12-26-8-5-23-21(26)19-9-22-15-24-19)13-27(20)11-17-3-6-25(7-4-17)10-16-1-2-16/h5,8-9,15-18H,1-4,6-7,10-14H2,(H,22,24). The molecule has 2 aliphatic heterocycles. The Bertz CT molecular complexity index is 807. The van der Waals surface area contributed by atoms with Crippen LogP contribution in [0.25, 0.3) is 11.5 Å². The number of carbonyl (C=O) groups excluding carboxylic acids is 1. The molecule has 2 aromatic rings. The molecule has 1 N–H and O–H groups in total. The molecule has 8 heteroatoms. The number of hydrogen-bond donors (Lipinski definition) is 1. The quantitative estimate of drug-likeness (QED) is 0.767. The van der Waals surface area contributed by atoms with Gasteiger partial charge in [-0.3, -0.25) is 4.79 Å². The van der Waals surface area contributed by atoms with Crippen molar-refractivity contribution in [2.75, 3.05) is 39.3 Å². The summed E-state index contributed by atoms with van der Waals surface area (Å²) in [6.45, 7) is 6.04. The number of aromatic nitrogens is 4. The molecule has 3 aliphatic rings. The van der Waals surface area contributed by atoms with Gasteiger partial charge in [0.05, 0.1) is 25.2 Å². The second-order valence-electron chi connectivity index (χ2n) is 8.79. The van der Waals surface area contributed by atoms with E-state index in [4.69, 9.17) is 4.74 Å². The molecule has 8 nitrogen and oxygen atoms in total. The molecule has 1 atom stereocenters. The number of piperidine rings is 1. The van der Waals surface area contributed by atoms with Crippen LogP contribution in [0.4, 0.5) is 0 Å². The van der Waals surface area contributed by atoms with Crippen LogP contribution in [0.1, 0.15) is 25.7 Å². The van der Waals surface area contributed by atoms with Crippen LogP contribution in [-0.4, -0.2) is 80.7 Å². The first kappa shape index (κ1) is 18.8. The van der Waals surface area contributed by atoms with Crippen molar-refractivity contribution >= 4 is 5.91 Å². The molecular formula is C21H30N6O2. The first-order valence-corrected chi connectivity index (χ1v) is 10.9. The molecule has 3 fully saturated rings. The molecule has 0 aromatic carbocycles. The van der Waals surface area contributed by atoms with Gasteiger partial charge in [0, 0.05) is 32.0 Å². The Balaban J connectivity index is 1.15. The van der Waals surface area contributed by atoms with Gasteiger partial charge in [0.25, 0.3) is 0 Å². The summed E-state index contributed by atoms with van der Waals surface area (Å²) in [7, 11) is 0. The third kappa shape index (κ3) is 4.53. The third-order valence-electron chi connectivity index (χ3n) is 6.47. The van der Waals surface area contributed by atoms with Crippen molar-refractivity contribution in [1.29, 1.82) is 0 Å². The first-order chi connectivity index (χ1) is 14.2. The van der Waals surface area contributed by atoms with E-state index in [0.29, 0.717) is 19.0 Å². The maximum Gasteiger partial charge on any atom is 0.248 e. The monoisotopic (exact) mass is 398 g/mol. The zero-order valence-electron chi connectivity index (χ0n) is 16.9. The molecule has 1 aliphatic carbocycles. The number of nitrogens with zero attached hydrogens (tertiary/aromatic N) is 5. The molecule has 4 heterocycles. The van der Waals surface area contributed by atoms with E-state index in [0.717, 1.165) is 24.0 Å². The highest BCUT2D eigenvalue weighted by molar-refractivity contribution is 5.78. The number of aromatic amines is 1. The lowest BCUT2D eigenvalue weighted by Crippen LogP contribution is -2.50. The molecule has 1 unspecified atom stereocenters. The van der Waals surface area contributed by atoms with Gasteiger partial charge in [-0.15, -0.1) is 0 Å². The number of ether oxygens (including phenoxy) is 1. The number of imidazole rings is 2. The summed E-state index contributed by atoms with van der Waals surface area (Å²) in [5.74, 6) is 2.54. The van der Waals surface area contributed by atoms with Gasteiger partial charge < -0.3 is 24.1 Å². The summed E-state index contributed by atoms with van der Waals surface area (Å²) >= 11 is 0. The van der Waals surface area contributed by atoms with Crippen molar-refractivity contribution in [1.82, 2.24) is 29.3 Å². The van der Waals surface area contributed by atoms with Crippen LogP contribution in [-0.2, 0) is 16.1 Å². The second kappa shape index (κ2) is 8.28. The SMILES string of the molecule is O=C1COC(Cn2ccnc2-c2cnc[nH]2)CN1CC1CCN(CC2CC2)CC1. The molecule has 0 spiro atoms. The van der Waals surface area contributed by atoms with Crippen LogP contribution in [0.5, 0.6) is 0 Å². The van der Waals surface area contributed by atoms with E-state index in [9.17, 15) is 4.79 Å². The van der Waals surface area contributed by atoms with Crippen molar-refractivity contribution in [3.05, 3.63) is 24.9 Å². The molecule has 0 bridgehead atoms. The smallest absolute Gasteiger partial charge is 0.248 e. The van der Waals surface area contributed by atoms with Crippen LogP contribution >= 0.6 is 0 Å². The summed E-state index contributed by atoms with van der Waals surface area (Å²) in [4.78, 5) is 28.7. The van der Waals surface area contributed by atoms with Gasteiger partial charge in [-0.25, -0.2) is 9.97 Å². The summed E-state index contributed by atoms with van der Waals surface area (Å²) in [6, 6.07) is 0. The highest BCUT2D eigenvalue weighted by Gasteiger charge is 2.31. The minimum absolute atomic E-state index is 0.0153. The maximum atomic E-state index is 12.4. The molecule has 156 valence electrons. The average Bonchev–Trinajstić information content (AvgIpc) is 3.17. The molecule has 5 rings (SSSR count). The van der Waals surface area contributed by atoms with Gasteiger partial charge in [-0.05, 0) is 50.6 Å². The van der Waals surface area contributed by atoms with Crippen LogP contribution in [0.15, 0.2) is 24.9 Å². The zero-order chi connectivity index (χ0) is 19.6. The lowest BCUT2D eigenvalue weighted by molar-refractivity contribution is -0.150. The average molecular weight is 399 g/mol. The predicted octanol–water partition coefficient (Wildman–Crippen LogP) is 1.62. The fourth-order valence-electron chi connectivity index (χ4n) is 4.59. The Morgan fingerprint density at radius 2 is 1.93 bits per heavy atom. The van der Waals surface area contributed by atoms with E-state index in [1.165, 1.54) is 45.3 Å². The van der Waals surface area contributed by atoms with E-state index in [2.05, 4.69) is 24.4 Å². The van der Waals surface area contributed by atoms with Crippen LogP contribution in [0.3, 0.4) is 0 Å². The first-order valence-electron chi connectivity index (χ1n) is 10.9. The number of likely N-dealkylation sites (tertiary alicyclic amines) is 1. The van der Waals surface area contributed by atoms with E-state index in [1.807, 2.05) is 11.1 Å². The summed E-state index contributed by atoms with van der Waals surface area (Å²) in [6.07, 6.45) is 12.4. The third-order valence-corrected chi connectivity index (χ3v) is 6.47. The van der Waals surface area contributed by atoms with Crippen molar-refractivity contribution in [3.8, 4) is 11.5 Å². The van der Waals surface area contributed by atoms with Crippen molar-refractivity contribution in [2.45, 2.75) is 38.3 Å². The van der Waals surface area contributed by atoms with Crippen molar-refractivity contribution < 1.29 is 9.53 Å². The maximum absolute atomic E-state index is 12.4. The predicted molar refractivity (Wildman–Crippen MR) is 108 cm³/mol. The fourth-order valence-corrected chi connectivity index (χ4v) is 4.59. The van der Waals surface area contributed by atoms with Crippen LogP contribution < -0.4 is 0 Å². The fraction of sp³-hybridized carbons (Fsp3) is 0.667. The normalized spacial score (nSPS) is 24.3. The number of nitrogens with one attached hydrogen (secondary N) is 1. The van der Waals surface area contributed by atoms with E-state index in [1.54, 1.807) is 18.7 Å². The van der Waals surface area contributed by atoms with Gasteiger partial charge in [0.2, 0.25) is 5.91 Å². The van der Waals surface area contributed by atoms with E-state index < -0.39 is 0 Å². The molecule has 0 radical (unpaired) electrons. The summed E-state index contributed by atoms with van der Waals surface area (Å²) in [5.41, 5.74) is 0.886. The van der Waals surface area contributed by atoms with Crippen LogP contribution in [0.2, 0.25) is 0 Å². The van der Waals surface area contributed by atoms with Gasteiger partial charge in [-0.1, -0.05) is 0 Å². The number of morpholine rings is 1. The number of hydrogen-bond acceptors (Lipinski definition) is 5. The Morgan fingerprint density at radius 3 is 2.69 bits per heavy atom. The van der Waals surface area contributed by atoms with Crippen molar-refractivity contribution in [2.24, 2.45) is 11.8 Å². The van der Waals surface area contributed by atoms with E-state index >= 15 is 0 Å². The minimum atomic E-state index is -0.0153. The molecular weight excluding hydrogens is 368 g/mol. The van der Waals surface area contributed by atoms with Gasteiger partial charge >= 0.3 is 0 Å². The topological polar surface area (TPSA) is 79.3 Å². The Kier molecular flexibility index (Phi) is 5.37. The summed E-state index contributed by atoms with van der Waals surface area (Å²) < 4.78 is 7.92. The second-order valence-corrected chi connectivity index (χ2v) is 8.79. The molecule has 29 heavy (non-hydrogen) atoms. The number of rotatable bonds is 7. The highest BCUT2D eigenvalue weighted by Crippen LogP contribution is 2.31. The van der Waals surface area contributed by atoms with Gasteiger partial charge in [0.1, 0.15) is 12.3 Å². The zero-order valence-corrected chi connectivity index (χ0v) is 16.9. The van der Waals surface area contributed by atoms with Gasteiger partial charge in [-0.2, -0.15) is 0 Å².